The van der Waals surface area contributed by atoms with Gasteiger partial charge in [-0.05, 0) is 54.6 Å². The van der Waals surface area contributed by atoms with Crippen LogP contribution in [0.1, 0.15) is 20.7 Å². The van der Waals surface area contributed by atoms with Gasteiger partial charge < -0.3 is 24.9 Å². The summed E-state index contributed by atoms with van der Waals surface area (Å²) in [5, 5.41) is 13.5. The van der Waals surface area contributed by atoms with Crippen molar-refractivity contribution in [2.24, 2.45) is 0 Å². The van der Waals surface area contributed by atoms with E-state index >= 15 is 0 Å². The van der Waals surface area contributed by atoms with E-state index in [9.17, 15) is 23.9 Å². The summed E-state index contributed by atoms with van der Waals surface area (Å²) in [6.07, 6.45) is 0. The minimum absolute atomic E-state index is 0.118. The normalized spacial score (nSPS) is 10.3. The number of para-hydroxylation sites is 1. The third kappa shape index (κ3) is 5.45. The molecular formula is C23H18FN2O5-. The molecule has 31 heavy (non-hydrogen) atoms. The highest BCUT2D eigenvalue weighted by Gasteiger charge is 2.14. The summed E-state index contributed by atoms with van der Waals surface area (Å²) >= 11 is 0. The highest BCUT2D eigenvalue weighted by molar-refractivity contribution is 6.05. The maximum absolute atomic E-state index is 13.0. The molecule has 3 aromatic carbocycles. The number of carboxylic acids is 1. The SMILES string of the molecule is CN(C(=O)c1ccc(F)cc1)c1ccc(OCC(=O)Nc2ccccc2C(=O)[O-])cc1. The van der Waals surface area contributed by atoms with Gasteiger partial charge in [-0.2, -0.15) is 0 Å². The molecule has 0 aliphatic rings. The van der Waals surface area contributed by atoms with Crippen LogP contribution in [0.4, 0.5) is 15.8 Å². The average Bonchev–Trinajstić information content (AvgIpc) is 2.78. The predicted molar refractivity (Wildman–Crippen MR) is 110 cm³/mol. The summed E-state index contributed by atoms with van der Waals surface area (Å²) in [6.45, 7) is -0.342. The van der Waals surface area contributed by atoms with E-state index in [2.05, 4.69) is 5.32 Å². The number of benzene rings is 3. The zero-order valence-electron chi connectivity index (χ0n) is 16.5. The molecule has 0 heterocycles. The van der Waals surface area contributed by atoms with Gasteiger partial charge in [-0.1, -0.05) is 18.2 Å². The molecule has 158 valence electrons. The number of anilines is 2. The third-order valence-electron chi connectivity index (χ3n) is 4.41. The smallest absolute Gasteiger partial charge is 0.262 e. The molecule has 0 saturated carbocycles. The van der Waals surface area contributed by atoms with Crippen LogP contribution in [-0.4, -0.2) is 31.4 Å². The summed E-state index contributed by atoms with van der Waals surface area (Å²) in [5.74, 6) is -2.28. The first-order chi connectivity index (χ1) is 14.8. The maximum atomic E-state index is 13.0. The molecule has 3 aromatic rings. The van der Waals surface area contributed by atoms with Gasteiger partial charge in [-0.25, -0.2) is 4.39 Å². The maximum Gasteiger partial charge on any atom is 0.262 e. The largest absolute Gasteiger partial charge is 0.545 e. The van der Waals surface area contributed by atoms with Gasteiger partial charge in [0, 0.05) is 29.5 Å². The van der Waals surface area contributed by atoms with Gasteiger partial charge in [0.1, 0.15) is 11.6 Å². The van der Waals surface area contributed by atoms with Crippen molar-refractivity contribution in [1.29, 1.82) is 0 Å². The van der Waals surface area contributed by atoms with Gasteiger partial charge >= 0.3 is 0 Å². The second-order valence-corrected chi connectivity index (χ2v) is 6.53. The van der Waals surface area contributed by atoms with Gasteiger partial charge in [0.15, 0.2) is 6.61 Å². The van der Waals surface area contributed by atoms with Crippen molar-refractivity contribution < 1.29 is 28.6 Å². The summed E-state index contributed by atoms with van der Waals surface area (Å²) in [5.41, 5.74) is 0.910. The molecule has 0 radical (unpaired) electrons. The van der Waals surface area contributed by atoms with Crippen LogP contribution in [0.3, 0.4) is 0 Å². The Balaban J connectivity index is 1.58. The molecule has 7 nitrogen and oxygen atoms in total. The van der Waals surface area contributed by atoms with Crippen LogP contribution in [0.2, 0.25) is 0 Å². The van der Waals surface area contributed by atoms with E-state index in [-0.39, 0.29) is 23.8 Å². The van der Waals surface area contributed by atoms with E-state index in [1.165, 1.54) is 47.4 Å². The molecule has 0 spiro atoms. The quantitative estimate of drug-likeness (QED) is 0.632. The zero-order chi connectivity index (χ0) is 22.4. The van der Waals surface area contributed by atoms with Crippen LogP contribution < -0.4 is 20.1 Å². The van der Waals surface area contributed by atoms with Gasteiger partial charge in [0.05, 0.1) is 5.97 Å². The number of rotatable bonds is 7. The molecule has 0 bridgehead atoms. The van der Waals surface area contributed by atoms with Crippen molar-refractivity contribution in [3.8, 4) is 5.75 Å². The molecule has 3 rings (SSSR count). The fourth-order valence-electron chi connectivity index (χ4n) is 2.77. The fraction of sp³-hybridized carbons (Fsp3) is 0.0870. The number of ether oxygens (including phenoxy) is 1. The Labute approximate surface area is 177 Å². The number of aromatic carboxylic acids is 1. The Morgan fingerprint density at radius 2 is 1.61 bits per heavy atom. The zero-order valence-corrected chi connectivity index (χ0v) is 16.5. The number of hydrogen-bond acceptors (Lipinski definition) is 5. The lowest BCUT2D eigenvalue weighted by molar-refractivity contribution is -0.254. The van der Waals surface area contributed by atoms with Crippen LogP contribution in [0, 0.1) is 5.82 Å². The van der Waals surface area contributed by atoms with Crippen LogP contribution in [0.15, 0.2) is 72.8 Å². The van der Waals surface area contributed by atoms with Crippen LogP contribution in [0.5, 0.6) is 5.75 Å². The lowest BCUT2D eigenvalue weighted by Gasteiger charge is -2.18. The monoisotopic (exact) mass is 421 g/mol. The van der Waals surface area contributed by atoms with Gasteiger partial charge in [0.2, 0.25) is 0 Å². The van der Waals surface area contributed by atoms with Crippen molar-refractivity contribution in [2.75, 3.05) is 23.9 Å². The first-order valence-corrected chi connectivity index (χ1v) is 9.22. The molecular weight excluding hydrogens is 403 g/mol. The number of nitrogens with zero attached hydrogens (tertiary/aromatic N) is 1. The summed E-state index contributed by atoms with van der Waals surface area (Å²) in [6, 6.07) is 17.6. The highest BCUT2D eigenvalue weighted by Crippen LogP contribution is 2.21. The molecule has 2 amide bonds. The number of carboxylic acid groups (broad SMARTS) is 1. The average molecular weight is 421 g/mol. The number of carbonyl (C=O) groups is 3. The first kappa shape index (κ1) is 21.5. The van der Waals surface area contributed by atoms with E-state index < -0.39 is 17.7 Å². The van der Waals surface area contributed by atoms with E-state index in [0.717, 1.165) is 0 Å². The Morgan fingerprint density at radius 1 is 0.968 bits per heavy atom. The second-order valence-electron chi connectivity index (χ2n) is 6.53. The molecule has 0 fully saturated rings. The molecule has 0 saturated heterocycles. The molecule has 8 heteroatoms. The molecule has 0 unspecified atom stereocenters. The lowest BCUT2D eigenvalue weighted by atomic mass is 10.2. The summed E-state index contributed by atoms with van der Waals surface area (Å²) in [7, 11) is 1.59. The fourth-order valence-corrected chi connectivity index (χ4v) is 2.77. The number of carbonyl (C=O) groups excluding carboxylic acids is 3. The van der Waals surface area contributed by atoms with E-state index in [0.29, 0.717) is 17.0 Å². The molecule has 0 atom stereocenters. The van der Waals surface area contributed by atoms with Gasteiger partial charge in [-0.3, -0.25) is 9.59 Å². The number of nitrogens with one attached hydrogen (secondary N) is 1. The minimum Gasteiger partial charge on any atom is -0.545 e. The Hall–Kier alpha value is -4.20. The Morgan fingerprint density at radius 3 is 2.26 bits per heavy atom. The van der Waals surface area contributed by atoms with Crippen LogP contribution in [-0.2, 0) is 4.79 Å². The van der Waals surface area contributed by atoms with Crippen molar-refractivity contribution in [1.82, 2.24) is 0 Å². The standard InChI is InChI=1S/C23H19FN2O5/c1-26(22(28)15-6-8-16(24)9-7-15)17-10-12-18(13-11-17)31-14-21(27)25-20-5-3-2-4-19(20)23(29)30/h2-13H,14H2,1H3,(H,25,27)(H,29,30)/p-1. The third-order valence-corrected chi connectivity index (χ3v) is 4.41. The van der Waals surface area contributed by atoms with Gasteiger partial charge in [-0.15, -0.1) is 0 Å². The second kappa shape index (κ2) is 9.53. The molecule has 0 aliphatic carbocycles. The molecule has 0 aliphatic heterocycles. The molecule has 1 N–H and O–H groups in total. The Kier molecular flexibility index (Phi) is 6.61. The highest BCUT2D eigenvalue weighted by atomic mass is 19.1. The van der Waals surface area contributed by atoms with E-state index in [1.807, 2.05) is 0 Å². The predicted octanol–water partition coefficient (Wildman–Crippen LogP) is 2.48. The summed E-state index contributed by atoms with van der Waals surface area (Å²) in [4.78, 5) is 37.0. The minimum atomic E-state index is -1.40. The number of amides is 2. The first-order valence-electron chi connectivity index (χ1n) is 9.22. The Bertz CT molecular complexity index is 1100. The number of hydrogen-bond donors (Lipinski definition) is 1. The van der Waals surface area contributed by atoms with E-state index in [1.54, 1.807) is 37.4 Å². The van der Waals surface area contributed by atoms with E-state index in [4.69, 9.17) is 4.74 Å². The number of halogens is 1. The van der Waals surface area contributed by atoms with Crippen molar-refractivity contribution in [3.05, 3.63) is 89.7 Å². The summed E-state index contributed by atoms with van der Waals surface area (Å²) < 4.78 is 18.4. The van der Waals surface area contributed by atoms with Crippen LogP contribution >= 0.6 is 0 Å². The molecule has 0 aromatic heterocycles. The van der Waals surface area contributed by atoms with Crippen molar-refractivity contribution >= 4 is 29.2 Å². The van der Waals surface area contributed by atoms with Crippen LogP contribution in [0.25, 0.3) is 0 Å². The van der Waals surface area contributed by atoms with Gasteiger partial charge in [0.25, 0.3) is 11.8 Å². The van der Waals surface area contributed by atoms with Crippen molar-refractivity contribution in [3.63, 3.8) is 0 Å². The lowest BCUT2D eigenvalue weighted by Crippen LogP contribution is -2.26. The van der Waals surface area contributed by atoms with Crippen molar-refractivity contribution in [2.45, 2.75) is 0 Å². The topological polar surface area (TPSA) is 98.8 Å².